The normalized spacial score (nSPS) is 11.9. The van der Waals surface area contributed by atoms with Crippen LogP contribution < -0.4 is 0 Å². The molecule has 0 radical (unpaired) electrons. The zero-order chi connectivity index (χ0) is 40.7. The number of fused-ring (bicyclic) bond motifs is 12. The van der Waals surface area contributed by atoms with Crippen molar-refractivity contribution < 1.29 is 0 Å². The molecule has 0 unspecified atom stereocenters. The lowest BCUT2D eigenvalue weighted by Gasteiger charge is -2.19. The molecule has 10 aromatic carbocycles. The molecule has 0 fully saturated rings. The van der Waals surface area contributed by atoms with Gasteiger partial charge in [0.25, 0.3) is 0 Å². The van der Waals surface area contributed by atoms with Crippen LogP contribution in [0.3, 0.4) is 0 Å². The zero-order valence-electron chi connectivity index (χ0n) is 33.4. The molecule has 0 saturated carbocycles. The summed E-state index contributed by atoms with van der Waals surface area (Å²) in [5, 5.41) is 11.9. The average molecular weight is 790 g/mol. The molecule has 0 spiro atoms. The summed E-state index contributed by atoms with van der Waals surface area (Å²) in [7, 11) is 0. The quantitative estimate of drug-likeness (QED) is 0.163. The fourth-order valence-electron chi connectivity index (χ4n) is 9.85. The van der Waals surface area contributed by atoms with Gasteiger partial charge in [-0.05, 0) is 68.7 Å². The number of benzene rings is 10. The first-order chi connectivity index (χ1) is 30.8. The van der Waals surface area contributed by atoms with Crippen molar-refractivity contribution in [1.29, 1.82) is 0 Å². The molecule has 13 aromatic rings. The molecule has 0 saturated heterocycles. The summed E-state index contributed by atoms with van der Waals surface area (Å²) in [5.41, 5.74) is 9.37. The van der Waals surface area contributed by atoms with Crippen molar-refractivity contribution in [2.45, 2.75) is 0 Å². The predicted octanol–water partition coefficient (Wildman–Crippen LogP) is 14.5. The van der Waals surface area contributed by atoms with Crippen LogP contribution in [-0.4, -0.2) is 24.1 Å². The standard InChI is InChI=1S/C57H35N5/c1-3-18-36(19-4-1)55-58-56(37-20-5-2-6-21-37)60-57(59-55)48-34-46-40-24-9-7-22-38(40)39-23-8-10-25-41(39)47(46)35-53(48)62-51-32-16-13-28-44(51)45-29-17-33-52(54(45)62)61-49-30-14-11-26-42(49)43-27-12-15-31-50(43)61/h1-35H. The van der Waals surface area contributed by atoms with Crippen LogP contribution in [-0.2, 0) is 0 Å². The maximum Gasteiger partial charge on any atom is 0.166 e. The van der Waals surface area contributed by atoms with Crippen molar-refractivity contribution in [1.82, 2.24) is 24.1 Å². The molecule has 3 aromatic heterocycles. The smallest absolute Gasteiger partial charge is 0.166 e. The van der Waals surface area contributed by atoms with E-state index >= 15 is 0 Å². The van der Waals surface area contributed by atoms with Gasteiger partial charge in [-0.3, -0.25) is 0 Å². The van der Waals surface area contributed by atoms with E-state index in [1.54, 1.807) is 0 Å². The number of nitrogens with zero attached hydrogens (tertiary/aromatic N) is 5. The largest absolute Gasteiger partial charge is 0.307 e. The molecule has 13 rings (SSSR count). The fourth-order valence-corrected chi connectivity index (χ4v) is 9.85. The van der Waals surface area contributed by atoms with Crippen LogP contribution in [0, 0.1) is 0 Å². The molecule has 0 aliphatic heterocycles. The highest BCUT2D eigenvalue weighted by Crippen LogP contribution is 2.44. The van der Waals surface area contributed by atoms with Crippen LogP contribution >= 0.6 is 0 Å². The second-order valence-electron chi connectivity index (χ2n) is 15.9. The van der Waals surface area contributed by atoms with Gasteiger partial charge in [0, 0.05) is 38.2 Å². The minimum atomic E-state index is 0.604. The molecule has 0 bridgehead atoms. The van der Waals surface area contributed by atoms with E-state index < -0.39 is 0 Å². The van der Waals surface area contributed by atoms with Gasteiger partial charge in [-0.25, -0.2) is 15.0 Å². The fraction of sp³-hybridized carbons (Fsp3) is 0. The zero-order valence-corrected chi connectivity index (χ0v) is 33.4. The number of hydrogen-bond donors (Lipinski definition) is 0. The van der Waals surface area contributed by atoms with E-state index in [1.807, 2.05) is 36.4 Å². The Hall–Kier alpha value is -8.41. The molecule has 3 heterocycles. The first-order valence-electron chi connectivity index (χ1n) is 21.0. The van der Waals surface area contributed by atoms with Crippen molar-refractivity contribution in [3.05, 3.63) is 212 Å². The Balaban J connectivity index is 1.23. The van der Waals surface area contributed by atoms with Crippen molar-refractivity contribution in [2.75, 3.05) is 0 Å². The highest BCUT2D eigenvalue weighted by atomic mass is 15.1. The van der Waals surface area contributed by atoms with E-state index in [0.29, 0.717) is 17.5 Å². The molecule has 288 valence electrons. The Morgan fingerprint density at radius 1 is 0.258 bits per heavy atom. The lowest BCUT2D eigenvalue weighted by Crippen LogP contribution is -2.05. The van der Waals surface area contributed by atoms with Gasteiger partial charge < -0.3 is 9.13 Å². The van der Waals surface area contributed by atoms with Gasteiger partial charge in [0.15, 0.2) is 17.5 Å². The highest BCUT2D eigenvalue weighted by molar-refractivity contribution is 6.26. The predicted molar refractivity (Wildman–Crippen MR) is 257 cm³/mol. The van der Waals surface area contributed by atoms with Crippen LogP contribution in [0.15, 0.2) is 212 Å². The van der Waals surface area contributed by atoms with Gasteiger partial charge in [0.2, 0.25) is 0 Å². The summed E-state index contributed by atoms with van der Waals surface area (Å²) in [4.78, 5) is 15.9. The minimum absolute atomic E-state index is 0.604. The number of hydrogen-bond acceptors (Lipinski definition) is 3. The van der Waals surface area contributed by atoms with E-state index in [4.69, 9.17) is 15.0 Å². The molecular weight excluding hydrogens is 755 g/mol. The van der Waals surface area contributed by atoms with Crippen LogP contribution in [0.2, 0.25) is 0 Å². The van der Waals surface area contributed by atoms with E-state index in [1.165, 1.54) is 48.5 Å². The SMILES string of the molecule is c1ccc(-c2nc(-c3ccccc3)nc(-c3cc4c5ccccc5c5ccccc5c4cc3-n3c4ccccc4c4cccc(-n5c6ccccc6c6ccccc65)c43)n2)cc1. The van der Waals surface area contributed by atoms with Gasteiger partial charge in [-0.15, -0.1) is 0 Å². The summed E-state index contributed by atoms with van der Waals surface area (Å²) < 4.78 is 4.91. The van der Waals surface area contributed by atoms with E-state index in [9.17, 15) is 0 Å². The topological polar surface area (TPSA) is 48.5 Å². The second kappa shape index (κ2) is 13.6. The first kappa shape index (κ1) is 34.5. The summed E-state index contributed by atoms with van der Waals surface area (Å²) in [5.74, 6) is 1.85. The van der Waals surface area contributed by atoms with Crippen LogP contribution in [0.5, 0.6) is 0 Å². The maximum atomic E-state index is 5.39. The number of rotatable bonds is 5. The van der Waals surface area contributed by atoms with E-state index in [0.717, 1.165) is 55.5 Å². The Kier molecular flexibility index (Phi) is 7.54. The van der Waals surface area contributed by atoms with Gasteiger partial charge in [0.05, 0.1) is 33.4 Å². The van der Waals surface area contributed by atoms with Gasteiger partial charge in [-0.1, -0.05) is 176 Å². The molecule has 62 heavy (non-hydrogen) atoms. The monoisotopic (exact) mass is 789 g/mol. The Morgan fingerprint density at radius 3 is 1.18 bits per heavy atom. The van der Waals surface area contributed by atoms with E-state index in [-0.39, 0.29) is 0 Å². The van der Waals surface area contributed by atoms with Crippen molar-refractivity contribution in [2.24, 2.45) is 0 Å². The summed E-state index contributed by atoms with van der Waals surface area (Å²) in [6.07, 6.45) is 0. The Bertz CT molecular complexity index is 3810. The second-order valence-corrected chi connectivity index (χ2v) is 15.9. The molecule has 0 aliphatic rings. The summed E-state index contributed by atoms with van der Waals surface area (Å²) in [6, 6.07) is 75.7. The maximum absolute atomic E-state index is 5.39. The van der Waals surface area contributed by atoms with Crippen LogP contribution in [0.1, 0.15) is 0 Å². The molecule has 5 heteroatoms. The first-order valence-corrected chi connectivity index (χ1v) is 21.0. The van der Waals surface area contributed by atoms with Crippen molar-refractivity contribution in [3.8, 4) is 45.5 Å². The van der Waals surface area contributed by atoms with E-state index in [2.05, 4.69) is 185 Å². The Labute approximate surface area is 356 Å². The molecular formula is C57H35N5. The molecule has 0 N–H and O–H groups in total. The average Bonchev–Trinajstić information content (AvgIpc) is 3.87. The van der Waals surface area contributed by atoms with Gasteiger partial charge in [0.1, 0.15) is 0 Å². The van der Waals surface area contributed by atoms with Gasteiger partial charge >= 0.3 is 0 Å². The third-order valence-electron chi connectivity index (χ3n) is 12.5. The minimum Gasteiger partial charge on any atom is -0.307 e. The Morgan fingerprint density at radius 2 is 0.645 bits per heavy atom. The van der Waals surface area contributed by atoms with Gasteiger partial charge in [-0.2, -0.15) is 0 Å². The number of para-hydroxylation sites is 4. The van der Waals surface area contributed by atoms with Crippen LogP contribution in [0.4, 0.5) is 0 Å². The summed E-state index contributed by atoms with van der Waals surface area (Å²) >= 11 is 0. The lowest BCUT2D eigenvalue weighted by molar-refractivity contribution is 1.06. The van der Waals surface area contributed by atoms with Crippen LogP contribution in [0.25, 0.3) is 121 Å². The van der Waals surface area contributed by atoms with Crippen molar-refractivity contribution in [3.63, 3.8) is 0 Å². The molecule has 5 nitrogen and oxygen atoms in total. The molecule has 0 amide bonds. The molecule has 0 atom stereocenters. The third kappa shape index (κ3) is 5.12. The number of aromatic nitrogens is 5. The lowest BCUT2D eigenvalue weighted by atomic mass is 9.92. The molecule has 0 aliphatic carbocycles. The summed E-state index contributed by atoms with van der Waals surface area (Å²) in [6.45, 7) is 0. The third-order valence-corrected chi connectivity index (χ3v) is 12.5. The highest BCUT2D eigenvalue weighted by Gasteiger charge is 2.24. The van der Waals surface area contributed by atoms with Crippen molar-refractivity contribution >= 4 is 75.9 Å².